The van der Waals surface area contributed by atoms with E-state index in [0.29, 0.717) is 30.3 Å². The second-order valence-electron chi connectivity index (χ2n) is 7.11. The molecular formula is C20H24N2O4. The van der Waals surface area contributed by atoms with Crippen LogP contribution in [0, 0.1) is 6.92 Å². The Morgan fingerprint density at radius 1 is 1.19 bits per heavy atom. The van der Waals surface area contributed by atoms with Crippen molar-refractivity contribution < 1.29 is 19.3 Å². The van der Waals surface area contributed by atoms with E-state index in [-0.39, 0.29) is 19.3 Å². The maximum Gasteiger partial charge on any atom is 0.219 e. The molecule has 0 spiro atoms. The largest absolute Gasteiger partial charge is 0.474 e. The molecule has 0 radical (unpaired) electrons. The Kier molecular flexibility index (Phi) is 4.56. The van der Waals surface area contributed by atoms with Crippen LogP contribution in [0.15, 0.2) is 30.5 Å². The van der Waals surface area contributed by atoms with Crippen LogP contribution >= 0.6 is 0 Å². The molecule has 2 fully saturated rings. The molecule has 0 bridgehead atoms. The zero-order valence-corrected chi connectivity index (χ0v) is 14.9. The number of pyridine rings is 1. The second-order valence-corrected chi connectivity index (χ2v) is 7.11. The molecule has 2 aliphatic rings. The van der Waals surface area contributed by atoms with Gasteiger partial charge in [-0.05, 0) is 36.2 Å². The van der Waals surface area contributed by atoms with E-state index < -0.39 is 5.60 Å². The van der Waals surface area contributed by atoms with Gasteiger partial charge >= 0.3 is 0 Å². The van der Waals surface area contributed by atoms with Crippen LogP contribution in [0.25, 0.3) is 11.1 Å². The lowest BCUT2D eigenvalue weighted by Gasteiger charge is -2.38. The number of aryl methyl sites for hydroxylation is 1. The Morgan fingerprint density at radius 2 is 1.96 bits per heavy atom. The minimum atomic E-state index is -1.06. The first-order chi connectivity index (χ1) is 12.5. The van der Waals surface area contributed by atoms with Gasteiger partial charge in [-0.25, -0.2) is 4.98 Å². The summed E-state index contributed by atoms with van der Waals surface area (Å²) >= 11 is 0. The summed E-state index contributed by atoms with van der Waals surface area (Å²) in [7, 11) is 0. The molecule has 0 saturated carbocycles. The van der Waals surface area contributed by atoms with E-state index >= 15 is 0 Å². The molecule has 26 heavy (non-hydrogen) atoms. The lowest BCUT2D eigenvalue weighted by atomic mass is 9.90. The first-order valence-corrected chi connectivity index (χ1v) is 8.97. The third kappa shape index (κ3) is 3.28. The average molecular weight is 356 g/mol. The second kappa shape index (κ2) is 6.87. The molecule has 0 unspecified atom stereocenters. The number of aliphatic hydroxyl groups is 1. The van der Waals surface area contributed by atoms with Crippen molar-refractivity contribution >= 4 is 5.69 Å². The summed E-state index contributed by atoms with van der Waals surface area (Å²) in [4.78, 5) is 4.55. The molecule has 0 aliphatic carbocycles. The molecule has 4 rings (SSSR count). The molecule has 6 nitrogen and oxygen atoms in total. The van der Waals surface area contributed by atoms with Crippen LogP contribution < -0.4 is 10.5 Å². The van der Waals surface area contributed by atoms with Crippen LogP contribution in [-0.2, 0) is 15.1 Å². The summed E-state index contributed by atoms with van der Waals surface area (Å²) in [6.45, 7) is 3.90. The third-order valence-electron chi connectivity index (χ3n) is 5.05. The van der Waals surface area contributed by atoms with E-state index in [1.165, 1.54) is 0 Å². The highest BCUT2D eigenvalue weighted by Gasteiger charge is 2.41. The summed E-state index contributed by atoms with van der Waals surface area (Å²) in [6.07, 6.45) is 3.49. The van der Waals surface area contributed by atoms with E-state index in [1.807, 2.05) is 31.2 Å². The maximum atomic E-state index is 10.9. The molecule has 6 heteroatoms. The van der Waals surface area contributed by atoms with Crippen LogP contribution in [0.4, 0.5) is 5.69 Å². The number of nitrogen functional groups attached to an aromatic ring is 1. The van der Waals surface area contributed by atoms with E-state index in [2.05, 4.69) is 4.98 Å². The lowest BCUT2D eigenvalue weighted by molar-refractivity contribution is -0.185. The molecule has 2 saturated heterocycles. The van der Waals surface area contributed by atoms with Gasteiger partial charge in [-0.3, -0.25) is 0 Å². The number of ether oxygens (including phenoxy) is 3. The fraction of sp³-hybridized carbons (Fsp3) is 0.450. The third-order valence-corrected chi connectivity index (χ3v) is 5.05. The summed E-state index contributed by atoms with van der Waals surface area (Å²) in [5.41, 5.74) is 9.27. The van der Waals surface area contributed by atoms with Crippen molar-refractivity contribution in [2.75, 3.05) is 32.2 Å². The average Bonchev–Trinajstić information content (AvgIpc) is 2.63. The zero-order chi connectivity index (χ0) is 18.1. The molecule has 0 atom stereocenters. The standard InChI is InChI=1S/C20H24N2O4/c1-13-2-3-15(21)9-17(13)14-8-18(20(23)11-25-12-20)19(22-10-14)26-16-4-6-24-7-5-16/h2-3,8-10,16,23H,4-7,11-12,21H2,1H3. The Hall–Kier alpha value is -2.15. The Morgan fingerprint density at radius 3 is 2.65 bits per heavy atom. The van der Waals surface area contributed by atoms with Gasteiger partial charge in [0.2, 0.25) is 5.88 Å². The summed E-state index contributed by atoms with van der Waals surface area (Å²) in [5, 5.41) is 10.9. The lowest BCUT2D eigenvalue weighted by Crippen LogP contribution is -2.47. The Labute approximate surface area is 152 Å². The molecule has 2 aliphatic heterocycles. The predicted octanol–water partition coefficient (Wildman–Crippen LogP) is 2.41. The summed E-state index contributed by atoms with van der Waals surface area (Å²) < 4.78 is 16.8. The molecule has 3 heterocycles. The van der Waals surface area contributed by atoms with Crippen molar-refractivity contribution in [1.82, 2.24) is 4.98 Å². The van der Waals surface area contributed by atoms with Gasteiger partial charge in [-0.2, -0.15) is 0 Å². The Balaban J connectivity index is 1.72. The SMILES string of the molecule is Cc1ccc(N)cc1-c1cnc(OC2CCOCC2)c(C2(O)COC2)c1. The van der Waals surface area contributed by atoms with Crippen LogP contribution in [0.3, 0.4) is 0 Å². The topological polar surface area (TPSA) is 86.8 Å². The number of hydrogen-bond acceptors (Lipinski definition) is 6. The number of anilines is 1. The van der Waals surface area contributed by atoms with Crippen LogP contribution in [0.5, 0.6) is 5.88 Å². The number of nitrogens with zero attached hydrogens (tertiary/aromatic N) is 1. The van der Waals surface area contributed by atoms with Crippen LogP contribution in [0.2, 0.25) is 0 Å². The van der Waals surface area contributed by atoms with Gasteiger partial charge in [0.15, 0.2) is 0 Å². The highest BCUT2D eigenvalue weighted by Crippen LogP contribution is 2.38. The fourth-order valence-electron chi connectivity index (χ4n) is 3.38. The molecule has 1 aromatic heterocycles. The van der Waals surface area contributed by atoms with E-state index in [9.17, 15) is 5.11 Å². The normalized spacial score (nSPS) is 19.8. The minimum absolute atomic E-state index is 0.0551. The zero-order valence-electron chi connectivity index (χ0n) is 14.9. The van der Waals surface area contributed by atoms with Crippen LogP contribution in [-0.4, -0.2) is 42.6 Å². The van der Waals surface area contributed by atoms with Crippen LogP contribution in [0.1, 0.15) is 24.0 Å². The number of nitrogens with two attached hydrogens (primary N) is 1. The number of hydrogen-bond donors (Lipinski definition) is 2. The van der Waals surface area contributed by atoms with Gasteiger partial charge in [0.1, 0.15) is 11.7 Å². The molecule has 138 valence electrons. The van der Waals surface area contributed by atoms with Crippen molar-refractivity contribution in [1.29, 1.82) is 0 Å². The van der Waals surface area contributed by atoms with Crippen molar-refractivity contribution in [3.8, 4) is 17.0 Å². The Bertz CT molecular complexity index is 798. The fourth-order valence-corrected chi connectivity index (χ4v) is 3.38. The summed E-state index contributed by atoms with van der Waals surface area (Å²) in [5.74, 6) is 0.480. The highest BCUT2D eigenvalue weighted by molar-refractivity contribution is 5.71. The van der Waals surface area contributed by atoms with Crippen molar-refractivity contribution in [3.05, 3.63) is 41.6 Å². The molecule has 2 aromatic rings. The number of aromatic nitrogens is 1. The smallest absolute Gasteiger partial charge is 0.219 e. The van der Waals surface area contributed by atoms with Crippen molar-refractivity contribution in [3.63, 3.8) is 0 Å². The van der Waals surface area contributed by atoms with Crippen molar-refractivity contribution in [2.24, 2.45) is 0 Å². The van der Waals surface area contributed by atoms with E-state index in [0.717, 1.165) is 29.5 Å². The molecular weight excluding hydrogens is 332 g/mol. The van der Waals surface area contributed by atoms with Crippen molar-refractivity contribution in [2.45, 2.75) is 31.5 Å². The van der Waals surface area contributed by atoms with Gasteiger partial charge in [0.05, 0.1) is 32.0 Å². The molecule has 0 amide bonds. The van der Waals surface area contributed by atoms with Gasteiger partial charge in [0.25, 0.3) is 0 Å². The summed E-state index contributed by atoms with van der Waals surface area (Å²) in [6, 6.07) is 7.74. The van der Waals surface area contributed by atoms with Gasteiger partial charge in [-0.1, -0.05) is 6.07 Å². The maximum absolute atomic E-state index is 10.9. The number of benzene rings is 1. The predicted molar refractivity (Wildman–Crippen MR) is 98.0 cm³/mol. The molecule has 1 aromatic carbocycles. The highest BCUT2D eigenvalue weighted by atomic mass is 16.5. The van der Waals surface area contributed by atoms with Gasteiger partial charge < -0.3 is 25.1 Å². The van der Waals surface area contributed by atoms with Gasteiger partial charge in [0, 0.05) is 30.3 Å². The first kappa shape index (κ1) is 17.3. The quantitative estimate of drug-likeness (QED) is 0.818. The minimum Gasteiger partial charge on any atom is -0.474 e. The first-order valence-electron chi connectivity index (χ1n) is 8.97. The van der Waals surface area contributed by atoms with E-state index in [1.54, 1.807) is 6.20 Å². The molecule has 3 N–H and O–H groups in total. The monoisotopic (exact) mass is 356 g/mol. The van der Waals surface area contributed by atoms with E-state index in [4.69, 9.17) is 19.9 Å². The van der Waals surface area contributed by atoms with Gasteiger partial charge in [-0.15, -0.1) is 0 Å². The number of rotatable bonds is 4.